The lowest BCUT2D eigenvalue weighted by Gasteiger charge is -2.32. The normalized spacial score (nSPS) is 18.2. The van der Waals surface area contributed by atoms with Crippen LogP contribution in [0, 0.1) is 0 Å². The fraction of sp³-hybridized carbons (Fsp3) is 0.0545. The molecule has 0 radical (unpaired) electrons. The molecule has 0 bridgehead atoms. The van der Waals surface area contributed by atoms with Gasteiger partial charge in [-0.2, -0.15) is 0 Å². The average Bonchev–Trinajstić information content (AvgIpc) is 4.00. The molecule has 2 aromatic heterocycles. The molecule has 1 N–H and O–H groups in total. The molecule has 4 heterocycles. The second-order valence-corrected chi connectivity index (χ2v) is 18.3. The number of nitrogens with one attached hydrogen (secondary N) is 1. The number of allylic oxidation sites excluding steroid dienone is 2. The van der Waals surface area contributed by atoms with E-state index in [1.807, 2.05) is 22.7 Å². The zero-order chi connectivity index (χ0) is 40.0. The number of thiophene rings is 2. The van der Waals surface area contributed by atoms with Crippen LogP contribution in [0.25, 0.3) is 62.2 Å². The van der Waals surface area contributed by atoms with Gasteiger partial charge in [-0.15, -0.1) is 22.7 Å². The third-order valence-electron chi connectivity index (χ3n) is 12.6. The van der Waals surface area contributed by atoms with Crippen molar-refractivity contribution in [2.45, 2.75) is 18.1 Å². The van der Waals surface area contributed by atoms with E-state index in [0.29, 0.717) is 0 Å². The van der Waals surface area contributed by atoms with Crippen LogP contribution in [-0.2, 0) is 0 Å². The Balaban J connectivity index is 1.05. The van der Waals surface area contributed by atoms with Gasteiger partial charge in [-0.25, -0.2) is 9.98 Å². The van der Waals surface area contributed by atoms with Crippen LogP contribution in [0.5, 0.6) is 0 Å². The minimum Gasteiger partial charge on any atom is -0.344 e. The van der Waals surface area contributed by atoms with Crippen LogP contribution in [0.4, 0.5) is 11.4 Å². The molecule has 6 heteroatoms. The lowest BCUT2D eigenvalue weighted by molar-refractivity contribution is 0.674. The van der Waals surface area contributed by atoms with E-state index in [0.717, 1.165) is 34.0 Å². The Bertz CT molecular complexity index is 3540. The van der Waals surface area contributed by atoms with Crippen molar-refractivity contribution in [2.75, 3.05) is 4.90 Å². The third-order valence-corrected chi connectivity index (χ3v) is 14.9. The SMILES string of the molecule is C1=CC2c3cc4ccccc4cc3N(c3ccc4sc5ccccc5c4c3C3=NC(c4ccc5c(c4)sc4ccccc45)=NC(c4ccc(-c5ccccc5)cc4)N3)C2C=C1. The Hall–Kier alpha value is -7.12. The molecule has 3 unspecified atom stereocenters. The Labute approximate surface area is 360 Å². The maximum absolute atomic E-state index is 5.61. The van der Waals surface area contributed by atoms with Crippen LogP contribution >= 0.6 is 22.7 Å². The van der Waals surface area contributed by atoms with Gasteiger partial charge >= 0.3 is 0 Å². The van der Waals surface area contributed by atoms with Crippen molar-refractivity contribution in [1.82, 2.24) is 5.32 Å². The summed E-state index contributed by atoms with van der Waals surface area (Å²) < 4.78 is 5.01. The van der Waals surface area contributed by atoms with E-state index in [1.165, 1.54) is 73.5 Å². The second kappa shape index (κ2) is 13.7. The molecular weight excluding hydrogens is 781 g/mol. The summed E-state index contributed by atoms with van der Waals surface area (Å²) in [5, 5.41) is 11.4. The van der Waals surface area contributed by atoms with Gasteiger partial charge in [0.05, 0.1) is 17.3 Å². The largest absolute Gasteiger partial charge is 0.344 e. The molecule has 0 saturated carbocycles. The van der Waals surface area contributed by atoms with Crippen molar-refractivity contribution in [3.8, 4) is 11.1 Å². The van der Waals surface area contributed by atoms with Crippen molar-refractivity contribution in [1.29, 1.82) is 0 Å². The standard InChI is InChI=1S/C55H36N4S2/c1-2-12-33(13-3-1)34-22-24-35(25-23-34)53-56-54(38-26-27-41-40-17-7-10-20-47(40)61-50(41)32-38)58-55(57-53)52-45(28-29-49-51(52)42-18-8-11-21-48(42)60-49)59-44-19-9-6-16-39(44)43-30-36-14-4-5-15-37(36)31-46(43)59/h1-32,39,44,53H,(H,56,57,58). The second-order valence-electron chi connectivity index (χ2n) is 16.1. The molecule has 0 amide bonds. The van der Waals surface area contributed by atoms with Crippen LogP contribution in [0.3, 0.4) is 0 Å². The lowest BCUT2D eigenvalue weighted by atomic mass is 9.90. The first-order chi connectivity index (χ1) is 30.2. The predicted molar refractivity (Wildman–Crippen MR) is 260 cm³/mol. The average molecular weight is 817 g/mol. The van der Waals surface area contributed by atoms with E-state index in [-0.39, 0.29) is 18.1 Å². The molecule has 1 aliphatic carbocycles. The third kappa shape index (κ3) is 5.56. The van der Waals surface area contributed by atoms with Gasteiger partial charge in [0.15, 0.2) is 5.84 Å². The number of fused-ring (bicyclic) bond motifs is 10. The Morgan fingerprint density at radius 2 is 1.18 bits per heavy atom. The highest BCUT2D eigenvalue weighted by Gasteiger charge is 2.40. The summed E-state index contributed by atoms with van der Waals surface area (Å²) in [5.41, 5.74) is 9.26. The monoisotopic (exact) mass is 816 g/mol. The zero-order valence-electron chi connectivity index (χ0n) is 32.9. The van der Waals surface area contributed by atoms with Crippen molar-refractivity contribution in [3.63, 3.8) is 0 Å². The number of aliphatic imine (C=N–C) groups is 2. The van der Waals surface area contributed by atoms with Crippen LogP contribution in [0.15, 0.2) is 204 Å². The number of benzene rings is 8. The predicted octanol–water partition coefficient (Wildman–Crippen LogP) is 14.5. The zero-order valence-corrected chi connectivity index (χ0v) is 34.5. The van der Waals surface area contributed by atoms with Crippen molar-refractivity contribution < 1.29 is 0 Å². The minimum atomic E-state index is -0.376. The fourth-order valence-electron chi connectivity index (χ4n) is 9.78. The molecule has 61 heavy (non-hydrogen) atoms. The molecule has 3 aliphatic rings. The first-order valence-electron chi connectivity index (χ1n) is 20.8. The van der Waals surface area contributed by atoms with Crippen molar-refractivity contribution in [2.24, 2.45) is 9.98 Å². The molecule has 2 aliphatic heterocycles. The molecule has 3 atom stereocenters. The molecule has 13 rings (SSSR count). The van der Waals surface area contributed by atoms with Gasteiger partial charge in [-0.3, -0.25) is 0 Å². The lowest BCUT2D eigenvalue weighted by Crippen LogP contribution is -2.36. The summed E-state index contributed by atoms with van der Waals surface area (Å²) in [4.78, 5) is 13.6. The van der Waals surface area contributed by atoms with Gasteiger partial charge in [0.1, 0.15) is 12.0 Å². The van der Waals surface area contributed by atoms with E-state index in [1.54, 1.807) is 0 Å². The Morgan fingerprint density at radius 1 is 0.508 bits per heavy atom. The topological polar surface area (TPSA) is 40.0 Å². The number of nitrogens with zero attached hydrogens (tertiary/aromatic N) is 3. The number of hydrogen-bond acceptors (Lipinski definition) is 6. The smallest absolute Gasteiger partial charge is 0.159 e. The van der Waals surface area contributed by atoms with Gasteiger partial charge in [0.25, 0.3) is 0 Å². The maximum Gasteiger partial charge on any atom is 0.159 e. The molecule has 288 valence electrons. The molecule has 0 fully saturated rings. The van der Waals surface area contributed by atoms with Crippen LogP contribution in [0.1, 0.15) is 34.3 Å². The highest BCUT2D eigenvalue weighted by molar-refractivity contribution is 7.26. The van der Waals surface area contributed by atoms with Gasteiger partial charge < -0.3 is 10.2 Å². The Morgan fingerprint density at radius 3 is 2.03 bits per heavy atom. The molecular formula is C55H36N4S2. The van der Waals surface area contributed by atoms with Gasteiger partial charge in [-0.1, -0.05) is 152 Å². The fourth-order valence-corrected chi connectivity index (χ4v) is 12.0. The molecule has 8 aromatic carbocycles. The minimum absolute atomic E-state index is 0.104. The Kier molecular flexibility index (Phi) is 7.80. The van der Waals surface area contributed by atoms with Crippen LogP contribution < -0.4 is 10.2 Å². The van der Waals surface area contributed by atoms with Gasteiger partial charge in [0, 0.05) is 57.5 Å². The first kappa shape index (κ1) is 34.7. The summed E-state index contributed by atoms with van der Waals surface area (Å²) in [7, 11) is 0. The summed E-state index contributed by atoms with van der Waals surface area (Å²) in [6, 6.07) is 61.9. The van der Waals surface area contributed by atoms with Crippen LogP contribution in [0.2, 0.25) is 0 Å². The summed E-state index contributed by atoms with van der Waals surface area (Å²) >= 11 is 3.67. The number of anilines is 2. The number of rotatable bonds is 5. The number of hydrogen-bond donors (Lipinski definition) is 1. The first-order valence-corrected chi connectivity index (χ1v) is 22.5. The van der Waals surface area contributed by atoms with Crippen LogP contribution in [-0.4, -0.2) is 17.7 Å². The molecule has 0 spiro atoms. The summed E-state index contributed by atoms with van der Waals surface area (Å²) in [6.07, 6.45) is 8.78. The molecule has 10 aromatic rings. The summed E-state index contributed by atoms with van der Waals surface area (Å²) in [6.45, 7) is 0. The van der Waals surface area contributed by atoms with Gasteiger partial charge in [-0.05, 0) is 75.5 Å². The highest BCUT2D eigenvalue weighted by Crippen LogP contribution is 2.52. The highest BCUT2D eigenvalue weighted by atomic mass is 32.1. The molecule has 0 saturated heterocycles. The maximum atomic E-state index is 5.61. The van der Waals surface area contributed by atoms with Crippen molar-refractivity contribution in [3.05, 3.63) is 216 Å². The quantitative estimate of drug-likeness (QED) is 0.188. The van der Waals surface area contributed by atoms with E-state index in [2.05, 4.69) is 204 Å². The number of amidine groups is 2. The van der Waals surface area contributed by atoms with Crippen molar-refractivity contribution >= 4 is 96.8 Å². The van der Waals surface area contributed by atoms with Gasteiger partial charge in [0.2, 0.25) is 0 Å². The molecule has 4 nitrogen and oxygen atoms in total. The summed E-state index contributed by atoms with van der Waals surface area (Å²) in [5.74, 6) is 1.76. The van der Waals surface area contributed by atoms with E-state index in [9.17, 15) is 0 Å². The van der Waals surface area contributed by atoms with E-state index >= 15 is 0 Å². The van der Waals surface area contributed by atoms with E-state index in [4.69, 9.17) is 9.98 Å². The van der Waals surface area contributed by atoms with E-state index < -0.39 is 0 Å².